The van der Waals surface area contributed by atoms with Crippen molar-refractivity contribution in [3.63, 3.8) is 0 Å². The fourth-order valence-electron chi connectivity index (χ4n) is 2.48. The first-order valence-corrected chi connectivity index (χ1v) is 9.34. The number of amides is 2. The minimum atomic E-state index is -0.485. The number of carbonyl (C=O) groups excluding carboxylic acids is 2. The summed E-state index contributed by atoms with van der Waals surface area (Å²) in [4.78, 5) is 26.8. The molecule has 132 valence electrons. The van der Waals surface area contributed by atoms with E-state index in [4.69, 9.17) is 4.74 Å². The molecule has 0 spiro atoms. The van der Waals surface area contributed by atoms with Crippen molar-refractivity contribution < 1.29 is 14.3 Å². The maximum absolute atomic E-state index is 12.6. The number of anilines is 1. The van der Waals surface area contributed by atoms with Gasteiger partial charge in [-0.15, -0.1) is 11.8 Å². The van der Waals surface area contributed by atoms with Crippen LogP contribution in [0.25, 0.3) is 0 Å². The van der Waals surface area contributed by atoms with Gasteiger partial charge in [0.1, 0.15) is 6.04 Å². The molecule has 1 aromatic carbocycles. The Morgan fingerprint density at radius 2 is 2.12 bits per heavy atom. The number of hydrogen-bond donors (Lipinski definition) is 1. The third kappa shape index (κ3) is 4.74. The highest BCUT2D eigenvalue weighted by Crippen LogP contribution is 2.28. The van der Waals surface area contributed by atoms with Crippen molar-refractivity contribution in [2.45, 2.75) is 40.3 Å². The van der Waals surface area contributed by atoms with Gasteiger partial charge in [0.15, 0.2) is 0 Å². The molecule has 0 radical (unpaired) electrons. The monoisotopic (exact) mass is 350 g/mol. The second-order valence-electron chi connectivity index (χ2n) is 6.87. The Bertz CT molecular complexity index is 598. The van der Waals surface area contributed by atoms with Crippen LogP contribution < -0.4 is 5.32 Å². The van der Waals surface area contributed by atoms with Crippen molar-refractivity contribution in [2.75, 3.05) is 23.6 Å². The number of rotatable bonds is 5. The van der Waals surface area contributed by atoms with Crippen molar-refractivity contribution >= 4 is 29.3 Å². The van der Waals surface area contributed by atoms with Gasteiger partial charge in [-0.2, -0.15) is 0 Å². The Balaban J connectivity index is 2.05. The van der Waals surface area contributed by atoms with Crippen LogP contribution in [0.5, 0.6) is 0 Å². The van der Waals surface area contributed by atoms with E-state index in [0.29, 0.717) is 24.8 Å². The minimum Gasteiger partial charge on any atom is -0.377 e. The Labute approximate surface area is 148 Å². The first-order valence-electron chi connectivity index (χ1n) is 8.19. The first kappa shape index (κ1) is 18.8. The van der Waals surface area contributed by atoms with E-state index in [-0.39, 0.29) is 11.8 Å². The van der Waals surface area contributed by atoms with E-state index in [1.807, 2.05) is 52.0 Å². The van der Waals surface area contributed by atoms with Crippen molar-refractivity contribution in [1.29, 1.82) is 0 Å². The predicted octanol–water partition coefficient (Wildman–Crippen LogP) is 3.11. The number of nitrogens with one attached hydrogen (secondary N) is 1. The molecule has 6 heteroatoms. The number of thioether (sulfide) groups is 1. The summed E-state index contributed by atoms with van der Waals surface area (Å²) < 4.78 is 5.40. The molecule has 1 saturated heterocycles. The Morgan fingerprint density at radius 1 is 1.38 bits per heavy atom. The molecule has 1 aromatic rings. The van der Waals surface area contributed by atoms with Gasteiger partial charge in [-0.3, -0.25) is 9.59 Å². The van der Waals surface area contributed by atoms with Crippen LogP contribution in [0.1, 0.15) is 33.3 Å². The first-order chi connectivity index (χ1) is 11.3. The molecular formula is C18H26N2O3S. The largest absolute Gasteiger partial charge is 0.377 e. The van der Waals surface area contributed by atoms with E-state index in [0.717, 1.165) is 11.3 Å². The molecule has 2 rings (SSSR count). The molecule has 1 N–H and O–H groups in total. The van der Waals surface area contributed by atoms with Gasteiger partial charge >= 0.3 is 0 Å². The minimum absolute atomic E-state index is 0.0118. The summed E-state index contributed by atoms with van der Waals surface area (Å²) >= 11 is 1.61. The molecule has 0 bridgehead atoms. The number of nitrogens with zero attached hydrogens (tertiary/aromatic N) is 1. The smallest absolute Gasteiger partial charge is 0.248 e. The lowest BCUT2D eigenvalue weighted by Gasteiger charge is -2.29. The highest BCUT2D eigenvalue weighted by atomic mass is 32.2. The molecule has 1 aliphatic rings. The number of benzene rings is 1. The standard InChI is InChI=1S/C18H26N2O3S/c1-5-23-10-13-7-6-8-14(9-13)19-16(21)15-11-24-12-20(15)17(22)18(2,3)4/h6-9,15H,5,10-12H2,1-4H3,(H,19,21). The average molecular weight is 350 g/mol. The summed E-state index contributed by atoms with van der Waals surface area (Å²) in [7, 11) is 0. The van der Waals surface area contributed by atoms with Crippen LogP contribution in [0.3, 0.4) is 0 Å². The lowest BCUT2D eigenvalue weighted by Crippen LogP contribution is -2.48. The van der Waals surface area contributed by atoms with Crippen LogP contribution in [-0.4, -0.2) is 41.0 Å². The highest BCUT2D eigenvalue weighted by molar-refractivity contribution is 7.99. The Morgan fingerprint density at radius 3 is 2.79 bits per heavy atom. The van der Waals surface area contributed by atoms with Crippen LogP contribution >= 0.6 is 11.8 Å². The van der Waals surface area contributed by atoms with E-state index in [1.54, 1.807) is 16.7 Å². The number of carbonyl (C=O) groups is 2. The molecule has 0 aromatic heterocycles. The highest BCUT2D eigenvalue weighted by Gasteiger charge is 2.38. The average Bonchev–Trinajstić information content (AvgIpc) is 3.01. The second-order valence-corrected chi connectivity index (χ2v) is 7.87. The van der Waals surface area contributed by atoms with Crippen LogP contribution in [0, 0.1) is 5.41 Å². The van der Waals surface area contributed by atoms with Crippen LogP contribution in [0.15, 0.2) is 24.3 Å². The van der Waals surface area contributed by atoms with Gasteiger partial charge in [0.2, 0.25) is 11.8 Å². The molecular weight excluding hydrogens is 324 g/mol. The maximum Gasteiger partial charge on any atom is 0.248 e. The van der Waals surface area contributed by atoms with E-state index in [9.17, 15) is 9.59 Å². The van der Waals surface area contributed by atoms with Gasteiger partial charge in [0.25, 0.3) is 0 Å². The SMILES string of the molecule is CCOCc1cccc(NC(=O)C2CSCN2C(=O)C(C)(C)C)c1. The molecule has 1 heterocycles. The van der Waals surface area contributed by atoms with Gasteiger partial charge in [-0.05, 0) is 24.6 Å². The van der Waals surface area contributed by atoms with Gasteiger partial charge in [0.05, 0.1) is 12.5 Å². The number of ether oxygens (including phenoxy) is 1. The summed E-state index contributed by atoms with van der Waals surface area (Å²) in [5, 5.41) is 2.94. The molecule has 2 amide bonds. The third-order valence-electron chi connectivity index (χ3n) is 3.75. The molecule has 1 fully saturated rings. The van der Waals surface area contributed by atoms with Gasteiger partial charge in [-0.1, -0.05) is 32.9 Å². The zero-order valence-electron chi connectivity index (χ0n) is 14.8. The maximum atomic E-state index is 12.6. The van der Waals surface area contributed by atoms with E-state index in [2.05, 4.69) is 5.32 Å². The molecule has 0 aliphatic carbocycles. The lowest BCUT2D eigenvalue weighted by molar-refractivity contribution is -0.143. The van der Waals surface area contributed by atoms with E-state index >= 15 is 0 Å². The Kier molecular flexibility index (Phi) is 6.29. The van der Waals surface area contributed by atoms with Crippen molar-refractivity contribution in [3.8, 4) is 0 Å². The van der Waals surface area contributed by atoms with Crippen LogP contribution in [0.4, 0.5) is 5.69 Å². The summed E-state index contributed by atoms with van der Waals surface area (Å²) in [5.74, 6) is 1.08. The van der Waals surface area contributed by atoms with Crippen molar-refractivity contribution in [2.24, 2.45) is 5.41 Å². The third-order valence-corrected chi connectivity index (χ3v) is 4.77. The second kappa shape index (κ2) is 8.03. The zero-order valence-corrected chi connectivity index (χ0v) is 15.6. The van der Waals surface area contributed by atoms with Crippen molar-refractivity contribution in [3.05, 3.63) is 29.8 Å². The van der Waals surface area contributed by atoms with Gasteiger partial charge in [0, 0.05) is 23.5 Å². The molecule has 1 aliphatic heterocycles. The molecule has 5 nitrogen and oxygen atoms in total. The predicted molar refractivity (Wildman–Crippen MR) is 97.8 cm³/mol. The van der Waals surface area contributed by atoms with Crippen molar-refractivity contribution in [1.82, 2.24) is 4.90 Å². The summed E-state index contributed by atoms with van der Waals surface area (Å²) in [6, 6.07) is 7.20. The van der Waals surface area contributed by atoms with E-state index in [1.165, 1.54) is 0 Å². The lowest BCUT2D eigenvalue weighted by atomic mass is 9.94. The molecule has 24 heavy (non-hydrogen) atoms. The Hall–Kier alpha value is -1.53. The normalized spacial score (nSPS) is 17.8. The summed E-state index contributed by atoms with van der Waals surface area (Å²) in [6.07, 6.45) is 0. The van der Waals surface area contributed by atoms with Crippen LogP contribution in [0.2, 0.25) is 0 Å². The summed E-state index contributed by atoms with van der Waals surface area (Å²) in [6.45, 7) is 8.76. The summed E-state index contributed by atoms with van der Waals surface area (Å²) in [5.41, 5.74) is 1.26. The fraction of sp³-hybridized carbons (Fsp3) is 0.556. The van der Waals surface area contributed by atoms with Gasteiger partial charge < -0.3 is 15.0 Å². The van der Waals surface area contributed by atoms with E-state index < -0.39 is 11.5 Å². The topological polar surface area (TPSA) is 58.6 Å². The molecule has 1 atom stereocenters. The van der Waals surface area contributed by atoms with Crippen LogP contribution in [-0.2, 0) is 20.9 Å². The van der Waals surface area contributed by atoms with Gasteiger partial charge in [-0.25, -0.2) is 0 Å². The molecule has 1 unspecified atom stereocenters. The number of hydrogen-bond acceptors (Lipinski definition) is 4. The zero-order chi connectivity index (χ0) is 17.7. The quantitative estimate of drug-likeness (QED) is 0.886. The molecule has 0 saturated carbocycles. The fourth-order valence-corrected chi connectivity index (χ4v) is 3.63.